The first-order chi connectivity index (χ1) is 10.5. The van der Waals surface area contributed by atoms with E-state index >= 15 is 0 Å². The SMILES string of the molecule is CC1(C)C(CC(=O)O)CC1c1csc([NH2+]c2ccccc2)n1. The van der Waals surface area contributed by atoms with Crippen LogP contribution in [0.25, 0.3) is 0 Å². The fourth-order valence-corrected chi connectivity index (χ4v) is 4.11. The first-order valence-corrected chi connectivity index (χ1v) is 8.42. The van der Waals surface area contributed by atoms with Gasteiger partial charge in [0, 0.05) is 17.7 Å². The van der Waals surface area contributed by atoms with Gasteiger partial charge in [-0.3, -0.25) is 10.1 Å². The molecule has 1 fully saturated rings. The van der Waals surface area contributed by atoms with Gasteiger partial charge in [0.15, 0.2) is 0 Å². The lowest BCUT2D eigenvalue weighted by atomic mass is 9.53. The summed E-state index contributed by atoms with van der Waals surface area (Å²) in [6.07, 6.45) is 1.18. The van der Waals surface area contributed by atoms with Gasteiger partial charge >= 0.3 is 5.97 Å². The molecule has 1 aliphatic rings. The van der Waals surface area contributed by atoms with Gasteiger partial charge in [-0.2, -0.15) is 4.98 Å². The Morgan fingerprint density at radius 1 is 1.41 bits per heavy atom. The minimum atomic E-state index is -0.701. The molecule has 0 saturated heterocycles. The molecule has 4 nitrogen and oxygen atoms in total. The van der Waals surface area contributed by atoms with Crippen molar-refractivity contribution in [2.75, 3.05) is 0 Å². The van der Waals surface area contributed by atoms with Crippen LogP contribution in [0.3, 0.4) is 0 Å². The third kappa shape index (κ3) is 2.91. The van der Waals surface area contributed by atoms with Crippen molar-refractivity contribution in [2.45, 2.75) is 32.6 Å². The van der Waals surface area contributed by atoms with Gasteiger partial charge in [0.1, 0.15) is 5.69 Å². The Hall–Kier alpha value is -1.72. The van der Waals surface area contributed by atoms with Crippen molar-refractivity contribution in [3.63, 3.8) is 0 Å². The van der Waals surface area contributed by atoms with Gasteiger partial charge in [0.05, 0.1) is 5.69 Å². The van der Waals surface area contributed by atoms with Crippen LogP contribution in [0.1, 0.15) is 38.3 Å². The molecule has 0 radical (unpaired) electrons. The number of aliphatic carboxylic acids is 1. The van der Waals surface area contributed by atoms with Crippen molar-refractivity contribution >= 4 is 28.1 Å². The highest BCUT2D eigenvalue weighted by Gasteiger charge is 2.50. The summed E-state index contributed by atoms with van der Waals surface area (Å²) in [5, 5.41) is 14.2. The highest BCUT2D eigenvalue weighted by Crippen LogP contribution is 2.58. The molecule has 1 heterocycles. The molecule has 1 saturated carbocycles. The normalized spacial score (nSPS) is 23.0. The van der Waals surface area contributed by atoms with Gasteiger partial charge in [-0.25, -0.2) is 0 Å². The quantitative estimate of drug-likeness (QED) is 0.832. The second-order valence-electron chi connectivity index (χ2n) is 6.57. The minimum absolute atomic E-state index is 0.0104. The average Bonchev–Trinajstić information content (AvgIpc) is 2.91. The molecule has 5 heteroatoms. The molecule has 0 amide bonds. The molecule has 2 unspecified atom stereocenters. The molecule has 116 valence electrons. The van der Waals surface area contributed by atoms with E-state index in [0.717, 1.165) is 22.9 Å². The molecule has 0 spiro atoms. The molecule has 22 heavy (non-hydrogen) atoms. The summed E-state index contributed by atoms with van der Waals surface area (Å²) in [5.41, 5.74) is 2.27. The number of rotatable bonds is 5. The van der Waals surface area contributed by atoms with Crippen molar-refractivity contribution in [1.82, 2.24) is 4.98 Å². The number of aromatic nitrogens is 1. The molecule has 3 rings (SSSR count). The zero-order valence-electron chi connectivity index (χ0n) is 12.8. The van der Waals surface area contributed by atoms with Crippen molar-refractivity contribution < 1.29 is 15.2 Å². The summed E-state index contributed by atoms with van der Waals surface area (Å²) in [5.74, 6) is -0.0859. The zero-order chi connectivity index (χ0) is 15.7. The molecule has 1 aromatic heterocycles. The number of benzene rings is 1. The summed E-state index contributed by atoms with van der Waals surface area (Å²) >= 11 is 1.65. The molecule has 3 N–H and O–H groups in total. The summed E-state index contributed by atoms with van der Waals surface area (Å²) in [6, 6.07) is 10.2. The number of nitrogens with two attached hydrogens (primary N) is 1. The zero-order valence-corrected chi connectivity index (χ0v) is 13.6. The number of hydrogen-bond donors (Lipinski definition) is 2. The van der Waals surface area contributed by atoms with Crippen LogP contribution < -0.4 is 5.32 Å². The summed E-state index contributed by atoms with van der Waals surface area (Å²) in [7, 11) is 0. The predicted octanol–water partition coefficient (Wildman–Crippen LogP) is 3.27. The molecular formula is C17H21N2O2S+. The lowest BCUT2D eigenvalue weighted by Crippen LogP contribution is -2.70. The Bertz CT molecular complexity index is 666. The predicted molar refractivity (Wildman–Crippen MR) is 86.7 cm³/mol. The van der Waals surface area contributed by atoms with Crippen LogP contribution in [-0.2, 0) is 4.79 Å². The van der Waals surface area contributed by atoms with Crippen LogP contribution in [0.15, 0.2) is 35.7 Å². The molecule has 0 bridgehead atoms. The largest absolute Gasteiger partial charge is 0.481 e. The van der Waals surface area contributed by atoms with E-state index in [0.29, 0.717) is 5.92 Å². The number of thiazole rings is 1. The van der Waals surface area contributed by atoms with E-state index in [4.69, 9.17) is 10.1 Å². The Kier molecular flexibility index (Phi) is 4.02. The molecule has 2 atom stereocenters. The number of carboxylic acid groups (broad SMARTS) is 1. The van der Waals surface area contributed by atoms with Crippen molar-refractivity contribution in [1.29, 1.82) is 0 Å². The van der Waals surface area contributed by atoms with Gasteiger partial charge in [-0.05, 0) is 29.9 Å². The third-order valence-electron chi connectivity index (χ3n) is 4.88. The Balaban J connectivity index is 1.69. The van der Waals surface area contributed by atoms with Gasteiger partial charge in [0.25, 0.3) is 5.13 Å². The van der Waals surface area contributed by atoms with E-state index in [-0.39, 0.29) is 17.8 Å². The highest BCUT2D eigenvalue weighted by atomic mass is 32.1. The van der Waals surface area contributed by atoms with E-state index in [2.05, 4.69) is 36.7 Å². The third-order valence-corrected chi connectivity index (χ3v) is 5.69. The Morgan fingerprint density at radius 3 is 2.77 bits per heavy atom. The van der Waals surface area contributed by atoms with E-state index in [9.17, 15) is 4.79 Å². The van der Waals surface area contributed by atoms with Crippen LogP contribution in [0.4, 0.5) is 10.8 Å². The number of para-hydroxylation sites is 1. The Morgan fingerprint density at radius 2 is 2.14 bits per heavy atom. The number of carbonyl (C=O) groups is 1. The fourth-order valence-electron chi connectivity index (χ4n) is 3.29. The summed E-state index contributed by atoms with van der Waals surface area (Å²) in [6.45, 7) is 4.32. The van der Waals surface area contributed by atoms with E-state index in [1.807, 2.05) is 18.2 Å². The first kappa shape index (κ1) is 15.2. The summed E-state index contributed by atoms with van der Waals surface area (Å²) < 4.78 is 0. The molecule has 1 aromatic carbocycles. The average molecular weight is 317 g/mol. The maximum Gasteiger partial charge on any atom is 0.303 e. The van der Waals surface area contributed by atoms with E-state index in [1.54, 1.807) is 11.3 Å². The lowest BCUT2D eigenvalue weighted by molar-refractivity contribution is -0.478. The lowest BCUT2D eigenvalue weighted by Gasteiger charge is -2.51. The maximum absolute atomic E-state index is 10.9. The number of quaternary nitrogens is 1. The summed E-state index contributed by atoms with van der Waals surface area (Å²) in [4.78, 5) is 15.7. The van der Waals surface area contributed by atoms with Crippen LogP contribution in [0.2, 0.25) is 0 Å². The second-order valence-corrected chi connectivity index (χ2v) is 7.46. The number of hydrogen-bond acceptors (Lipinski definition) is 3. The molecule has 0 aliphatic heterocycles. The van der Waals surface area contributed by atoms with Crippen LogP contribution >= 0.6 is 11.3 Å². The highest BCUT2D eigenvalue weighted by molar-refractivity contribution is 7.12. The van der Waals surface area contributed by atoms with Gasteiger partial charge in [-0.15, -0.1) is 0 Å². The number of nitrogens with zero attached hydrogens (tertiary/aromatic N) is 1. The van der Waals surface area contributed by atoms with Crippen molar-refractivity contribution in [2.24, 2.45) is 11.3 Å². The monoisotopic (exact) mass is 317 g/mol. The van der Waals surface area contributed by atoms with E-state index in [1.165, 1.54) is 0 Å². The Labute approximate surface area is 134 Å². The van der Waals surface area contributed by atoms with Gasteiger partial charge in [0.2, 0.25) is 0 Å². The van der Waals surface area contributed by atoms with Crippen molar-refractivity contribution in [3.05, 3.63) is 41.4 Å². The van der Waals surface area contributed by atoms with E-state index < -0.39 is 5.97 Å². The fraction of sp³-hybridized carbons (Fsp3) is 0.412. The smallest absolute Gasteiger partial charge is 0.303 e. The van der Waals surface area contributed by atoms with Crippen LogP contribution in [0.5, 0.6) is 0 Å². The molecular weight excluding hydrogens is 296 g/mol. The second kappa shape index (κ2) is 5.82. The molecule has 1 aliphatic carbocycles. The van der Waals surface area contributed by atoms with Gasteiger partial charge in [-0.1, -0.05) is 43.4 Å². The minimum Gasteiger partial charge on any atom is -0.481 e. The first-order valence-electron chi connectivity index (χ1n) is 7.54. The van der Waals surface area contributed by atoms with Crippen molar-refractivity contribution in [3.8, 4) is 0 Å². The maximum atomic E-state index is 10.9. The molecule has 2 aromatic rings. The van der Waals surface area contributed by atoms with Gasteiger partial charge < -0.3 is 5.11 Å². The topological polar surface area (TPSA) is 66.8 Å². The van der Waals surface area contributed by atoms with Crippen LogP contribution in [-0.4, -0.2) is 16.1 Å². The number of carboxylic acids is 1. The van der Waals surface area contributed by atoms with Crippen LogP contribution in [0, 0.1) is 11.3 Å². The standard InChI is InChI=1S/C17H20N2O2S/c1-17(2)11(9-15(20)21)8-13(17)14-10-22-16(19-14)18-12-6-4-3-5-7-12/h3-7,10-11,13H,8-9H2,1-2H3,(H,18,19)(H,20,21)/p+1.